The van der Waals surface area contributed by atoms with Gasteiger partial charge in [-0.2, -0.15) is 13.2 Å². The molecule has 2 aliphatic heterocycles. The summed E-state index contributed by atoms with van der Waals surface area (Å²) in [6.45, 7) is 9.87. The van der Waals surface area contributed by atoms with Crippen molar-refractivity contribution in [3.63, 3.8) is 0 Å². The maximum absolute atomic E-state index is 15.1. The van der Waals surface area contributed by atoms with Crippen LogP contribution in [0, 0.1) is 0 Å². The lowest BCUT2D eigenvalue weighted by atomic mass is 9.69. The van der Waals surface area contributed by atoms with Crippen LogP contribution in [0.4, 0.5) is 18.9 Å². The van der Waals surface area contributed by atoms with Gasteiger partial charge >= 0.3 is 11.8 Å². The number of anilines is 1. The summed E-state index contributed by atoms with van der Waals surface area (Å²) in [6, 6.07) is 13.0. The van der Waals surface area contributed by atoms with Gasteiger partial charge in [0.25, 0.3) is 0 Å². The topological polar surface area (TPSA) is 46.3 Å². The lowest BCUT2D eigenvalue weighted by molar-refractivity contribution is -0.136. The van der Waals surface area contributed by atoms with Crippen LogP contribution in [0.1, 0.15) is 57.2 Å². The first-order valence-electron chi connectivity index (χ1n) is 13.2. The smallest absolute Gasteiger partial charge is 0.418 e. The number of benzene rings is 3. The fourth-order valence-electron chi connectivity index (χ4n) is 6.47. The van der Waals surface area contributed by atoms with E-state index in [2.05, 4.69) is 23.7 Å². The highest BCUT2D eigenvalue weighted by molar-refractivity contribution is 7.22. The van der Waals surface area contributed by atoms with Gasteiger partial charge < -0.3 is 9.32 Å². The first-order valence-corrected chi connectivity index (χ1v) is 14.0. The number of fused-ring (bicyclic) bond motifs is 5. The largest absolute Gasteiger partial charge is 0.422 e. The van der Waals surface area contributed by atoms with Crippen molar-refractivity contribution < 1.29 is 17.6 Å². The average molecular weight is 549 g/mol. The van der Waals surface area contributed by atoms with Gasteiger partial charge in [0.1, 0.15) is 16.2 Å². The van der Waals surface area contributed by atoms with Gasteiger partial charge in [-0.15, -0.1) is 11.3 Å². The van der Waals surface area contributed by atoms with E-state index in [-0.39, 0.29) is 21.4 Å². The number of nitrogens with zero attached hydrogens (tertiary/aromatic N) is 2. The summed E-state index contributed by atoms with van der Waals surface area (Å²) in [7, 11) is 0. The Morgan fingerprint density at radius 2 is 1.69 bits per heavy atom. The molecule has 0 atom stereocenters. The molecule has 0 radical (unpaired) electrons. The Bertz CT molecular complexity index is 1900. The van der Waals surface area contributed by atoms with Crippen molar-refractivity contribution in [3.05, 3.63) is 69.6 Å². The quantitative estimate of drug-likeness (QED) is 0.197. The van der Waals surface area contributed by atoms with Crippen LogP contribution in [-0.2, 0) is 17.0 Å². The molecule has 39 heavy (non-hydrogen) atoms. The second-order valence-electron chi connectivity index (χ2n) is 12.1. The van der Waals surface area contributed by atoms with E-state index < -0.39 is 28.3 Å². The minimum atomic E-state index is -4.79. The van der Waals surface area contributed by atoms with E-state index in [1.807, 2.05) is 44.2 Å². The molecule has 4 nitrogen and oxygen atoms in total. The maximum Gasteiger partial charge on any atom is 0.418 e. The summed E-state index contributed by atoms with van der Waals surface area (Å²) in [5.41, 5.74) is -0.116. The summed E-state index contributed by atoms with van der Waals surface area (Å²) in [4.78, 5) is 20.4. The highest BCUT2D eigenvalue weighted by Gasteiger charge is 2.45. The minimum Gasteiger partial charge on any atom is -0.422 e. The van der Waals surface area contributed by atoms with E-state index in [4.69, 9.17) is 4.42 Å². The summed E-state index contributed by atoms with van der Waals surface area (Å²) >= 11 is 1.10. The monoisotopic (exact) mass is 548 g/mol. The molecule has 0 spiro atoms. The fourth-order valence-corrected chi connectivity index (χ4v) is 7.61. The van der Waals surface area contributed by atoms with Crippen LogP contribution in [0.3, 0.4) is 0 Å². The van der Waals surface area contributed by atoms with Gasteiger partial charge in [0, 0.05) is 35.1 Å². The summed E-state index contributed by atoms with van der Waals surface area (Å²) < 4.78 is 51.9. The average Bonchev–Trinajstić information content (AvgIpc) is 3.30. The predicted octanol–water partition coefficient (Wildman–Crippen LogP) is 8.41. The number of aromatic nitrogens is 1. The molecule has 5 aromatic rings. The van der Waals surface area contributed by atoms with Crippen molar-refractivity contribution >= 4 is 49.0 Å². The molecule has 2 aromatic heterocycles. The number of thiazole rings is 1. The molecule has 0 amide bonds. The molecule has 0 saturated carbocycles. The number of hydrogen-bond donors (Lipinski definition) is 0. The van der Waals surface area contributed by atoms with Crippen molar-refractivity contribution in [2.45, 2.75) is 57.5 Å². The molecule has 8 heteroatoms. The first kappa shape index (κ1) is 24.6. The maximum atomic E-state index is 15.1. The Morgan fingerprint density at radius 1 is 0.974 bits per heavy atom. The minimum absolute atomic E-state index is 0.0239. The summed E-state index contributed by atoms with van der Waals surface area (Å²) in [5.74, 6) is 0. The van der Waals surface area contributed by atoms with Gasteiger partial charge in [-0.05, 0) is 46.8 Å². The second kappa shape index (κ2) is 7.84. The first-order chi connectivity index (χ1) is 18.4. The third kappa shape index (κ3) is 3.50. The number of alkyl halides is 3. The van der Waals surface area contributed by atoms with Crippen LogP contribution >= 0.6 is 11.3 Å². The van der Waals surface area contributed by atoms with E-state index in [1.54, 1.807) is 12.1 Å². The number of hydrogen-bond acceptors (Lipinski definition) is 5. The van der Waals surface area contributed by atoms with E-state index in [1.165, 1.54) is 0 Å². The normalized spacial score (nSPS) is 18.2. The zero-order chi connectivity index (χ0) is 27.5. The van der Waals surface area contributed by atoms with Gasteiger partial charge in [0.15, 0.2) is 0 Å². The van der Waals surface area contributed by atoms with Crippen molar-refractivity contribution in [2.75, 3.05) is 18.0 Å². The molecule has 0 unspecified atom stereocenters. The Balaban J connectivity index is 1.63. The van der Waals surface area contributed by atoms with Crippen LogP contribution in [0.25, 0.3) is 42.5 Å². The van der Waals surface area contributed by atoms with Gasteiger partial charge in [0.05, 0.1) is 15.8 Å². The van der Waals surface area contributed by atoms with Gasteiger partial charge in [-0.25, -0.2) is 9.78 Å². The SMILES string of the molecule is CC1(C)CCN2CCC(C)(C)c3c2c1cc1c(C(F)(F)F)c(-c2nc4ccc5ccccc5c4s2)c(=O)oc31. The molecule has 0 fully saturated rings. The Hall–Kier alpha value is -3.39. The molecule has 200 valence electrons. The molecule has 0 bridgehead atoms. The van der Waals surface area contributed by atoms with Crippen molar-refractivity contribution in [1.82, 2.24) is 4.98 Å². The molecule has 3 aromatic carbocycles. The lowest BCUT2D eigenvalue weighted by Crippen LogP contribution is -2.45. The zero-order valence-corrected chi connectivity index (χ0v) is 22.9. The molecule has 0 aliphatic carbocycles. The standard InChI is InChI=1S/C31H27F3N2O2S/c1-29(2)11-13-36-14-12-30(3,4)23-24(36)19(29)15-18-22(31(32,33)34)21(28(37)38-25(18)23)27-35-20-10-9-16-7-5-6-8-17(16)26(20)39-27/h5-10,15H,11-14H2,1-4H3. The van der Waals surface area contributed by atoms with Gasteiger partial charge in [-0.1, -0.05) is 58.0 Å². The van der Waals surface area contributed by atoms with Crippen LogP contribution in [0.5, 0.6) is 0 Å². The van der Waals surface area contributed by atoms with Crippen LogP contribution in [-0.4, -0.2) is 18.1 Å². The van der Waals surface area contributed by atoms with Gasteiger partial charge in [-0.3, -0.25) is 0 Å². The van der Waals surface area contributed by atoms with E-state index in [0.717, 1.165) is 64.0 Å². The Labute approximate surface area is 227 Å². The molecular weight excluding hydrogens is 521 g/mol. The van der Waals surface area contributed by atoms with Gasteiger partial charge in [0.2, 0.25) is 0 Å². The third-order valence-corrected chi connectivity index (χ3v) is 9.80. The number of halogens is 3. The lowest BCUT2D eigenvalue weighted by Gasteiger charge is -2.48. The van der Waals surface area contributed by atoms with Crippen molar-refractivity contribution in [3.8, 4) is 10.6 Å². The Morgan fingerprint density at radius 3 is 2.44 bits per heavy atom. The van der Waals surface area contributed by atoms with Crippen molar-refractivity contribution in [2.24, 2.45) is 0 Å². The molecule has 2 aliphatic rings. The predicted molar refractivity (Wildman–Crippen MR) is 151 cm³/mol. The molecule has 0 saturated heterocycles. The Kier molecular flexibility index (Phi) is 4.95. The van der Waals surface area contributed by atoms with E-state index in [9.17, 15) is 4.79 Å². The third-order valence-electron chi connectivity index (χ3n) is 8.68. The molecule has 4 heterocycles. The van der Waals surface area contributed by atoms with E-state index >= 15 is 13.2 Å². The van der Waals surface area contributed by atoms with Crippen molar-refractivity contribution in [1.29, 1.82) is 0 Å². The van der Waals surface area contributed by atoms with E-state index in [0.29, 0.717) is 11.1 Å². The highest BCUT2D eigenvalue weighted by atomic mass is 32.1. The summed E-state index contributed by atoms with van der Waals surface area (Å²) in [5, 5.41) is 1.82. The zero-order valence-electron chi connectivity index (χ0n) is 22.1. The molecule has 7 rings (SSSR count). The van der Waals surface area contributed by atoms with Crippen LogP contribution < -0.4 is 10.5 Å². The molecule has 0 N–H and O–H groups in total. The highest BCUT2D eigenvalue weighted by Crippen LogP contribution is 2.54. The fraction of sp³-hybridized carbons (Fsp3) is 0.355. The second-order valence-corrected chi connectivity index (χ2v) is 13.1. The number of rotatable bonds is 1. The molecular formula is C31H27F3N2O2S. The van der Waals surface area contributed by atoms with Crippen LogP contribution in [0.15, 0.2) is 51.7 Å². The summed E-state index contributed by atoms with van der Waals surface area (Å²) in [6.07, 6.45) is -3.19. The van der Waals surface area contributed by atoms with Crippen LogP contribution in [0.2, 0.25) is 0 Å².